The van der Waals surface area contributed by atoms with E-state index in [2.05, 4.69) is 10.3 Å². The van der Waals surface area contributed by atoms with E-state index in [-0.39, 0.29) is 5.91 Å². The van der Waals surface area contributed by atoms with Crippen LogP contribution in [0, 0.1) is 6.92 Å². The van der Waals surface area contributed by atoms with E-state index in [1.807, 2.05) is 43.1 Å². The lowest BCUT2D eigenvalue weighted by atomic mass is 10.3. The number of likely N-dealkylation sites (N-methyl/N-ethyl adjacent to an activating group) is 1. The Labute approximate surface area is 127 Å². The number of hydrogen-bond donors (Lipinski definition) is 1. The molecule has 4 nitrogen and oxygen atoms in total. The Kier molecular flexibility index (Phi) is 5.11. The number of aryl methyl sites for hydroxylation is 1. The molecule has 0 radical (unpaired) electrons. The molecule has 0 spiro atoms. The molecule has 0 fully saturated rings. The van der Waals surface area contributed by atoms with Crippen molar-refractivity contribution in [3.63, 3.8) is 0 Å². The van der Waals surface area contributed by atoms with Crippen molar-refractivity contribution >= 4 is 34.7 Å². The van der Waals surface area contributed by atoms with Gasteiger partial charge in [0.1, 0.15) is 5.82 Å². The van der Waals surface area contributed by atoms with Crippen molar-refractivity contribution in [1.82, 2.24) is 9.88 Å². The number of nitrogens with zero attached hydrogens (tertiary/aromatic N) is 2. The summed E-state index contributed by atoms with van der Waals surface area (Å²) in [5, 5.41) is 2.79. The van der Waals surface area contributed by atoms with E-state index >= 15 is 0 Å². The molecule has 1 N–H and O–H groups in total. The van der Waals surface area contributed by atoms with Crippen LogP contribution in [0.2, 0.25) is 4.34 Å². The van der Waals surface area contributed by atoms with Gasteiger partial charge >= 0.3 is 0 Å². The van der Waals surface area contributed by atoms with Gasteiger partial charge in [-0.1, -0.05) is 11.6 Å². The molecule has 0 aliphatic heterocycles. The molecule has 0 atom stereocenters. The lowest BCUT2D eigenvalue weighted by molar-refractivity contribution is -0.117. The van der Waals surface area contributed by atoms with E-state index < -0.39 is 0 Å². The first-order valence-corrected chi connectivity index (χ1v) is 7.37. The lowest BCUT2D eigenvalue weighted by Gasteiger charge is -2.15. The number of aromatic nitrogens is 1. The molecule has 0 saturated carbocycles. The number of halogens is 1. The predicted octanol–water partition coefficient (Wildman–Crippen LogP) is 3.18. The minimum absolute atomic E-state index is 0.0757. The van der Waals surface area contributed by atoms with Gasteiger partial charge in [0.15, 0.2) is 0 Å². The summed E-state index contributed by atoms with van der Waals surface area (Å²) in [5.41, 5.74) is 1.07. The number of amides is 1. The molecule has 20 heavy (non-hydrogen) atoms. The highest BCUT2D eigenvalue weighted by atomic mass is 35.5. The van der Waals surface area contributed by atoms with Crippen molar-refractivity contribution in [1.29, 1.82) is 0 Å². The van der Waals surface area contributed by atoms with E-state index in [9.17, 15) is 4.79 Å². The lowest BCUT2D eigenvalue weighted by Crippen LogP contribution is -2.29. The maximum absolute atomic E-state index is 11.9. The van der Waals surface area contributed by atoms with Crippen molar-refractivity contribution in [3.8, 4) is 0 Å². The summed E-state index contributed by atoms with van der Waals surface area (Å²) in [6, 6.07) is 7.58. The summed E-state index contributed by atoms with van der Waals surface area (Å²) in [5.74, 6) is 0.510. The van der Waals surface area contributed by atoms with Crippen molar-refractivity contribution < 1.29 is 4.79 Å². The molecule has 2 rings (SSSR count). The molecule has 0 unspecified atom stereocenters. The van der Waals surface area contributed by atoms with Crippen LogP contribution < -0.4 is 5.32 Å². The van der Waals surface area contributed by atoms with Gasteiger partial charge in [-0.3, -0.25) is 9.69 Å². The standard InChI is InChI=1S/C14H16ClN3OS/c1-10-5-6-16-13(7-10)17-14(19)9-18(2)8-11-3-4-12(15)20-11/h3-7H,8-9H2,1-2H3,(H,16,17,19). The van der Waals surface area contributed by atoms with E-state index in [1.54, 1.807) is 6.20 Å². The Morgan fingerprint density at radius 1 is 1.45 bits per heavy atom. The fourth-order valence-electron chi connectivity index (χ4n) is 1.79. The summed E-state index contributed by atoms with van der Waals surface area (Å²) in [6.07, 6.45) is 1.68. The molecule has 106 valence electrons. The predicted molar refractivity (Wildman–Crippen MR) is 83.3 cm³/mol. The van der Waals surface area contributed by atoms with Gasteiger partial charge in [0.25, 0.3) is 0 Å². The highest BCUT2D eigenvalue weighted by molar-refractivity contribution is 7.16. The second-order valence-corrected chi connectivity index (χ2v) is 6.44. The third-order valence-electron chi connectivity index (χ3n) is 2.65. The van der Waals surface area contributed by atoms with Crippen LogP contribution in [0.5, 0.6) is 0 Å². The Morgan fingerprint density at radius 3 is 2.90 bits per heavy atom. The Balaban J connectivity index is 1.84. The minimum atomic E-state index is -0.0757. The maximum atomic E-state index is 11.9. The zero-order valence-corrected chi connectivity index (χ0v) is 13.0. The first-order valence-electron chi connectivity index (χ1n) is 6.18. The molecule has 1 amide bonds. The SMILES string of the molecule is Cc1ccnc(NC(=O)CN(C)Cc2ccc(Cl)s2)c1. The van der Waals surface area contributed by atoms with Gasteiger partial charge in [-0.2, -0.15) is 0 Å². The van der Waals surface area contributed by atoms with Crippen molar-refractivity contribution in [2.75, 3.05) is 18.9 Å². The summed E-state index contributed by atoms with van der Waals surface area (Å²) in [4.78, 5) is 19.1. The third kappa shape index (κ3) is 4.59. The summed E-state index contributed by atoms with van der Waals surface area (Å²) >= 11 is 7.41. The molecule has 6 heteroatoms. The molecule has 0 aliphatic carbocycles. The van der Waals surface area contributed by atoms with Crippen LogP contribution in [-0.2, 0) is 11.3 Å². The van der Waals surface area contributed by atoms with Crippen LogP contribution in [0.3, 0.4) is 0 Å². The van der Waals surface area contributed by atoms with Gasteiger partial charge < -0.3 is 5.32 Å². The van der Waals surface area contributed by atoms with E-state index in [4.69, 9.17) is 11.6 Å². The monoisotopic (exact) mass is 309 g/mol. The topological polar surface area (TPSA) is 45.2 Å². The molecule has 0 bridgehead atoms. The Morgan fingerprint density at radius 2 is 2.25 bits per heavy atom. The molecule has 2 aromatic rings. The number of carbonyl (C=O) groups excluding carboxylic acids is 1. The van der Waals surface area contributed by atoms with E-state index in [0.29, 0.717) is 18.9 Å². The number of pyridine rings is 1. The van der Waals surface area contributed by atoms with Crippen LogP contribution in [-0.4, -0.2) is 29.4 Å². The number of hydrogen-bond acceptors (Lipinski definition) is 4. The number of anilines is 1. The van der Waals surface area contributed by atoms with Crippen molar-refractivity contribution in [2.45, 2.75) is 13.5 Å². The fraction of sp³-hybridized carbons (Fsp3) is 0.286. The van der Waals surface area contributed by atoms with Crippen LogP contribution in [0.25, 0.3) is 0 Å². The van der Waals surface area contributed by atoms with Gasteiger partial charge in [-0.25, -0.2) is 4.98 Å². The normalized spacial score (nSPS) is 10.8. The second kappa shape index (κ2) is 6.83. The summed E-state index contributed by atoms with van der Waals surface area (Å²) in [6.45, 7) is 2.97. The second-order valence-electron chi connectivity index (χ2n) is 4.64. The quantitative estimate of drug-likeness (QED) is 0.922. The molecule has 2 aromatic heterocycles. The third-order valence-corrected chi connectivity index (χ3v) is 3.87. The highest BCUT2D eigenvalue weighted by Crippen LogP contribution is 2.22. The van der Waals surface area contributed by atoms with Gasteiger partial charge in [0, 0.05) is 17.6 Å². The Hall–Kier alpha value is -1.43. The fourth-order valence-corrected chi connectivity index (χ4v) is 2.96. The first kappa shape index (κ1) is 15.0. The van der Waals surface area contributed by atoms with E-state index in [1.165, 1.54) is 11.3 Å². The molecular weight excluding hydrogens is 294 g/mol. The summed E-state index contributed by atoms with van der Waals surface area (Å²) in [7, 11) is 1.90. The Bertz CT molecular complexity index is 600. The van der Waals surface area contributed by atoms with Crippen LogP contribution in [0.15, 0.2) is 30.5 Å². The largest absolute Gasteiger partial charge is 0.310 e. The van der Waals surface area contributed by atoms with E-state index in [0.717, 1.165) is 14.8 Å². The molecule has 0 aliphatic rings. The average Bonchev–Trinajstić information content (AvgIpc) is 2.74. The zero-order chi connectivity index (χ0) is 14.5. The number of rotatable bonds is 5. The average molecular weight is 310 g/mol. The summed E-state index contributed by atoms with van der Waals surface area (Å²) < 4.78 is 0.766. The van der Waals surface area contributed by atoms with Gasteiger partial charge in [0.05, 0.1) is 10.9 Å². The van der Waals surface area contributed by atoms with Gasteiger partial charge in [-0.05, 0) is 43.8 Å². The van der Waals surface area contributed by atoms with Crippen molar-refractivity contribution in [3.05, 3.63) is 45.2 Å². The highest BCUT2D eigenvalue weighted by Gasteiger charge is 2.09. The molecule has 0 aromatic carbocycles. The van der Waals surface area contributed by atoms with Gasteiger partial charge in [0.2, 0.25) is 5.91 Å². The van der Waals surface area contributed by atoms with Crippen LogP contribution in [0.4, 0.5) is 5.82 Å². The maximum Gasteiger partial charge on any atom is 0.239 e. The van der Waals surface area contributed by atoms with Gasteiger partial charge in [-0.15, -0.1) is 11.3 Å². The number of thiophene rings is 1. The minimum Gasteiger partial charge on any atom is -0.310 e. The molecule has 0 saturated heterocycles. The van der Waals surface area contributed by atoms with Crippen LogP contribution in [0.1, 0.15) is 10.4 Å². The van der Waals surface area contributed by atoms with Crippen LogP contribution >= 0.6 is 22.9 Å². The zero-order valence-electron chi connectivity index (χ0n) is 11.4. The molecule has 2 heterocycles. The first-order chi connectivity index (χ1) is 9.52. The molecular formula is C14H16ClN3OS. The number of carbonyl (C=O) groups is 1. The smallest absolute Gasteiger partial charge is 0.239 e. The number of nitrogens with one attached hydrogen (secondary N) is 1. The van der Waals surface area contributed by atoms with Crippen molar-refractivity contribution in [2.24, 2.45) is 0 Å².